The maximum atomic E-state index is 5.68. The normalized spacial score (nSPS) is 15.5. The van der Waals surface area contributed by atoms with Crippen LogP contribution in [0.4, 0.5) is 0 Å². The van der Waals surface area contributed by atoms with E-state index in [2.05, 4.69) is 46.9 Å². The van der Waals surface area contributed by atoms with Crippen LogP contribution in [0.25, 0.3) is 0 Å². The highest BCUT2D eigenvalue weighted by Crippen LogP contribution is 2.27. The van der Waals surface area contributed by atoms with E-state index in [0.717, 1.165) is 32.0 Å². The molecule has 0 amide bonds. The zero-order valence-corrected chi connectivity index (χ0v) is 12.8. The van der Waals surface area contributed by atoms with Gasteiger partial charge in [-0.05, 0) is 44.6 Å². The minimum absolute atomic E-state index is 0.351. The molecule has 1 N–H and O–H groups in total. The van der Waals surface area contributed by atoms with Gasteiger partial charge in [-0.3, -0.25) is 0 Å². The lowest BCUT2D eigenvalue weighted by atomic mass is 9.82. The summed E-state index contributed by atoms with van der Waals surface area (Å²) in [6, 6.07) is 0. The van der Waals surface area contributed by atoms with Crippen molar-refractivity contribution < 1.29 is 4.74 Å². The van der Waals surface area contributed by atoms with Gasteiger partial charge in [0.05, 0.1) is 6.10 Å². The molecule has 2 heteroatoms. The van der Waals surface area contributed by atoms with Crippen LogP contribution in [0.5, 0.6) is 0 Å². The standard InChI is InChI=1S/C15H33NO/c1-7-8-15(6,9-10-17-14(4)5)12-16-11-13(2)3/h13-14,16H,7-12H2,1-6H3. The first kappa shape index (κ1) is 16.9. The minimum Gasteiger partial charge on any atom is -0.379 e. The van der Waals surface area contributed by atoms with E-state index in [4.69, 9.17) is 4.74 Å². The number of rotatable bonds is 10. The topological polar surface area (TPSA) is 21.3 Å². The van der Waals surface area contributed by atoms with Gasteiger partial charge in [0.1, 0.15) is 0 Å². The molecule has 1 unspecified atom stereocenters. The SMILES string of the molecule is CCCC(C)(CCOC(C)C)CNCC(C)C. The molecule has 0 saturated carbocycles. The molecule has 0 rings (SSSR count). The van der Waals surface area contributed by atoms with Gasteiger partial charge in [-0.25, -0.2) is 0 Å². The van der Waals surface area contributed by atoms with Crippen LogP contribution in [0, 0.1) is 11.3 Å². The summed E-state index contributed by atoms with van der Waals surface area (Å²) in [6.07, 6.45) is 4.04. The van der Waals surface area contributed by atoms with E-state index in [1.165, 1.54) is 12.8 Å². The second-order valence-electron chi connectivity index (χ2n) is 6.25. The first-order chi connectivity index (χ1) is 7.89. The molecule has 0 spiro atoms. The molecular formula is C15H33NO. The van der Waals surface area contributed by atoms with Gasteiger partial charge >= 0.3 is 0 Å². The van der Waals surface area contributed by atoms with Gasteiger partial charge in [-0.1, -0.05) is 34.1 Å². The highest BCUT2D eigenvalue weighted by molar-refractivity contribution is 4.77. The monoisotopic (exact) mass is 243 g/mol. The summed E-state index contributed by atoms with van der Waals surface area (Å²) in [4.78, 5) is 0. The summed E-state index contributed by atoms with van der Waals surface area (Å²) in [5.41, 5.74) is 0.387. The van der Waals surface area contributed by atoms with E-state index < -0.39 is 0 Å². The molecule has 0 aromatic heterocycles. The van der Waals surface area contributed by atoms with Crippen LogP contribution >= 0.6 is 0 Å². The number of ether oxygens (including phenoxy) is 1. The maximum Gasteiger partial charge on any atom is 0.0518 e. The van der Waals surface area contributed by atoms with Gasteiger partial charge in [0.2, 0.25) is 0 Å². The van der Waals surface area contributed by atoms with Crippen molar-refractivity contribution >= 4 is 0 Å². The largest absolute Gasteiger partial charge is 0.379 e. The van der Waals surface area contributed by atoms with E-state index in [1.54, 1.807) is 0 Å². The van der Waals surface area contributed by atoms with Crippen LogP contribution in [0.2, 0.25) is 0 Å². The number of hydrogen-bond acceptors (Lipinski definition) is 2. The summed E-state index contributed by atoms with van der Waals surface area (Å²) in [7, 11) is 0. The molecule has 1 atom stereocenters. The third-order valence-electron chi connectivity index (χ3n) is 3.11. The molecule has 0 aromatic rings. The molecule has 2 nitrogen and oxygen atoms in total. The number of hydrogen-bond donors (Lipinski definition) is 1. The molecule has 0 saturated heterocycles. The van der Waals surface area contributed by atoms with E-state index in [-0.39, 0.29) is 0 Å². The fraction of sp³-hybridized carbons (Fsp3) is 1.00. The summed E-state index contributed by atoms with van der Waals surface area (Å²) in [6.45, 7) is 16.5. The molecule has 0 bridgehead atoms. The Morgan fingerprint density at radius 1 is 1.12 bits per heavy atom. The Labute approximate surface area is 109 Å². The van der Waals surface area contributed by atoms with Crippen molar-refractivity contribution in [3.63, 3.8) is 0 Å². The van der Waals surface area contributed by atoms with Gasteiger partial charge in [0.25, 0.3) is 0 Å². The van der Waals surface area contributed by atoms with Crippen LogP contribution in [0.15, 0.2) is 0 Å². The second-order valence-corrected chi connectivity index (χ2v) is 6.25. The molecule has 104 valence electrons. The number of nitrogens with one attached hydrogen (secondary N) is 1. The van der Waals surface area contributed by atoms with Gasteiger partial charge in [0.15, 0.2) is 0 Å². The van der Waals surface area contributed by atoms with Crippen molar-refractivity contribution in [3.05, 3.63) is 0 Å². The van der Waals surface area contributed by atoms with Gasteiger partial charge in [-0.2, -0.15) is 0 Å². The van der Waals surface area contributed by atoms with Gasteiger partial charge in [0, 0.05) is 13.2 Å². The lowest BCUT2D eigenvalue weighted by molar-refractivity contribution is 0.0517. The highest BCUT2D eigenvalue weighted by atomic mass is 16.5. The van der Waals surface area contributed by atoms with Crippen molar-refractivity contribution in [3.8, 4) is 0 Å². The quantitative estimate of drug-likeness (QED) is 0.629. The fourth-order valence-electron chi connectivity index (χ4n) is 2.11. The zero-order chi connectivity index (χ0) is 13.3. The van der Waals surface area contributed by atoms with Crippen molar-refractivity contribution in [2.45, 2.75) is 66.9 Å². The molecule has 0 radical (unpaired) electrons. The van der Waals surface area contributed by atoms with Gasteiger partial charge < -0.3 is 10.1 Å². The highest BCUT2D eigenvalue weighted by Gasteiger charge is 2.22. The van der Waals surface area contributed by atoms with Crippen molar-refractivity contribution in [2.75, 3.05) is 19.7 Å². The minimum atomic E-state index is 0.351. The van der Waals surface area contributed by atoms with E-state index in [0.29, 0.717) is 11.5 Å². The Balaban J connectivity index is 3.97. The fourth-order valence-corrected chi connectivity index (χ4v) is 2.11. The average Bonchev–Trinajstić information content (AvgIpc) is 2.16. The third-order valence-corrected chi connectivity index (χ3v) is 3.11. The molecule has 0 aliphatic heterocycles. The Hall–Kier alpha value is -0.0800. The van der Waals surface area contributed by atoms with Crippen molar-refractivity contribution in [1.82, 2.24) is 5.32 Å². The average molecular weight is 243 g/mol. The van der Waals surface area contributed by atoms with Crippen LogP contribution < -0.4 is 5.32 Å². The van der Waals surface area contributed by atoms with Gasteiger partial charge in [-0.15, -0.1) is 0 Å². The lowest BCUT2D eigenvalue weighted by Crippen LogP contribution is -2.35. The maximum absolute atomic E-state index is 5.68. The van der Waals surface area contributed by atoms with E-state index in [9.17, 15) is 0 Å². The van der Waals surface area contributed by atoms with E-state index >= 15 is 0 Å². The molecule has 0 aromatic carbocycles. The first-order valence-corrected chi connectivity index (χ1v) is 7.22. The van der Waals surface area contributed by atoms with Crippen LogP contribution in [0.3, 0.4) is 0 Å². The summed E-state index contributed by atoms with van der Waals surface area (Å²) in [5, 5.41) is 3.59. The van der Waals surface area contributed by atoms with Crippen molar-refractivity contribution in [2.24, 2.45) is 11.3 Å². The molecule has 0 heterocycles. The Bertz CT molecular complexity index is 164. The summed E-state index contributed by atoms with van der Waals surface area (Å²) in [5.74, 6) is 0.729. The molecule has 0 aliphatic carbocycles. The molecule has 0 aliphatic rings. The Morgan fingerprint density at radius 2 is 1.76 bits per heavy atom. The summed E-state index contributed by atoms with van der Waals surface area (Å²) >= 11 is 0. The predicted molar refractivity (Wildman–Crippen MR) is 76.4 cm³/mol. The zero-order valence-electron chi connectivity index (χ0n) is 12.8. The molecule has 17 heavy (non-hydrogen) atoms. The Morgan fingerprint density at radius 3 is 2.24 bits per heavy atom. The Kier molecular flexibility index (Phi) is 8.89. The van der Waals surface area contributed by atoms with Crippen LogP contribution in [0.1, 0.15) is 60.8 Å². The summed E-state index contributed by atoms with van der Waals surface area (Å²) < 4.78 is 5.68. The third kappa shape index (κ3) is 9.61. The van der Waals surface area contributed by atoms with E-state index in [1.807, 2.05) is 0 Å². The van der Waals surface area contributed by atoms with Crippen molar-refractivity contribution in [1.29, 1.82) is 0 Å². The molecular weight excluding hydrogens is 210 g/mol. The van der Waals surface area contributed by atoms with Crippen LogP contribution in [-0.4, -0.2) is 25.8 Å². The first-order valence-electron chi connectivity index (χ1n) is 7.22. The predicted octanol–water partition coefficient (Wildman–Crippen LogP) is 3.85. The second kappa shape index (κ2) is 8.93. The van der Waals surface area contributed by atoms with Crippen LogP contribution in [-0.2, 0) is 4.74 Å². The molecule has 0 fully saturated rings. The smallest absolute Gasteiger partial charge is 0.0518 e. The lowest BCUT2D eigenvalue weighted by Gasteiger charge is -2.30.